The summed E-state index contributed by atoms with van der Waals surface area (Å²) < 4.78 is 41.7. The molecule has 0 radical (unpaired) electrons. The molecule has 0 bridgehead atoms. The fourth-order valence-electron chi connectivity index (χ4n) is 1.50. The molecule has 19 heavy (non-hydrogen) atoms. The van der Waals surface area contributed by atoms with Gasteiger partial charge in [0.05, 0.1) is 17.0 Å². The van der Waals surface area contributed by atoms with Crippen molar-refractivity contribution in [1.82, 2.24) is 5.32 Å². The Bertz CT molecular complexity index is 551. The van der Waals surface area contributed by atoms with Crippen LogP contribution in [0.1, 0.15) is 12.0 Å². The number of benzene rings is 1. The van der Waals surface area contributed by atoms with Crippen LogP contribution in [0.3, 0.4) is 0 Å². The van der Waals surface area contributed by atoms with Crippen LogP contribution in [0.2, 0.25) is 0 Å². The standard InChI is InChI=1S/C7H8O3S.C5H7FN2/c1-6-2-4-7(5-3-6)11(8,9)10;6-4-1-5(2-7)8-3-4/h2-5H,1H3,(H,8,9,10);4-5,8H,1,3H2/t;4-,5+/m.1/s1. The van der Waals surface area contributed by atoms with Crippen LogP contribution in [0.25, 0.3) is 0 Å². The van der Waals surface area contributed by atoms with E-state index in [0.29, 0.717) is 13.0 Å². The first-order valence-corrected chi connectivity index (χ1v) is 7.08. The van der Waals surface area contributed by atoms with Gasteiger partial charge in [0.25, 0.3) is 10.1 Å². The zero-order valence-corrected chi connectivity index (χ0v) is 11.2. The number of aryl methyl sites for hydroxylation is 1. The Morgan fingerprint density at radius 3 is 2.32 bits per heavy atom. The minimum Gasteiger partial charge on any atom is -0.299 e. The molecule has 2 atom stereocenters. The highest BCUT2D eigenvalue weighted by atomic mass is 32.2. The second kappa shape index (κ2) is 6.61. The first kappa shape index (κ1) is 15.6. The minimum absolute atomic E-state index is 0.0666. The third-order valence-corrected chi connectivity index (χ3v) is 3.42. The summed E-state index contributed by atoms with van der Waals surface area (Å²) in [5.74, 6) is 0. The van der Waals surface area contributed by atoms with Crippen LogP contribution in [0, 0.1) is 18.3 Å². The van der Waals surface area contributed by atoms with E-state index in [2.05, 4.69) is 5.32 Å². The number of nitriles is 1. The van der Waals surface area contributed by atoms with Crippen LogP contribution < -0.4 is 5.32 Å². The molecular weight excluding hydrogens is 271 g/mol. The molecule has 1 fully saturated rings. The van der Waals surface area contributed by atoms with Gasteiger partial charge in [0, 0.05) is 13.0 Å². The number of nitrogens with zero attached hydrogens (tertiary/aromatic N) is 1. The molecule has 2 N–H and O–H groups in total. The molecule has 1 aliphatic heterocycles. The van der Waals surface area contributed by atoms with Crippen molar-refractivity contribution in [3.8, 4) is 6.07 Å². The Kier molecular flexibility index (Phi) is 5.42. The van der Waals surface area contributed by atoms with Crippen molar-refractivity contribution < 1.29 is 17.4 Å². The van der Waals surface area contributed by atoms with Crippen LogP contribution in [-0.4, -0.2) is 31.7 Å². The largest absolute Gasteiger partial charge is 0.299 e. The fourth-order valence-corrected chi connectivity index (χ4v) is 1.98. The Labute approximate surface area is 111 Å². The Morgan fingerprint density at radius 2 is 2.00 bits per heavy atom. The molecule has 0 spiro atoms. The zero-order chi connectivity index (χ0) is 14.5. The summed E-state index contributed by atoms with van der Waals surface area (Å²) in [7, 11) is -4.02. The maximum Gasteiger partial charge on any atom is 0.294 e. The van der Waals surface area contributed by atoms with Gasteiger partial charge in [-0.2, -0.15) is 13.7 Å². The molecule has 104 valence electrons. The van der Waals surface area contributed by atoms with Gasteiger partial charge in [-0.05, 0) is 19.1 Å². The van der Waals surface area contributed by atoms with Crippen LogP contribution >= 0.6 is 0 Å². The highest BCUT2D eigenvalue weighted by Gasteiger charge is 2.22. The van der Waals surface area contributed by atoms with Crippen molar-refractivity contribution in [3.05, 3.63) is 29.8 Å². The van der Waals surface area contributed by atoms with Gasteiger partial charge in [-0.25, -0.2) is 4.39 Å². The smallest absolute Gasteiger partial charge is 0.294 e. The topological polar surface area (TPSA) is 90.2 Å². The highest BCUT2D eigenvalue weighted by molar-refractivity contribution is 7.85. The lowest BCUT2D eigenvalue weighted by atomic mass is 10.2. The molecule has 0 aliphatic carbocycles. The molecule has 7 heteroatoms. The monoisotopic (exact) mass is 286 g/mol. The molecule has 0 unspecified atom stereocenters. The molecule has 0 saturated carbocycles. The van der Waals surface area contributed by atoms with E-state index in [1.54, 1.807) is 12.1 Å². The van der Waals surface area contributed by atoms with E-state index in [1.807, 2.05) is 13.0 Å². The third kappa shape index (κ3) is 5.34. The van der Waals surface area contributed by atoms with Crippen molar-refractivity contribution in [2.45, 2.75) is 30.5 Å². The summed E-state index contributed by atoms with van der Waals surface area (Å²) in [6.45, 7) is 2.19. The van der Waals surface area contributed by atoms with E-state index in [1.165, 1.54) is 12.1 Å². The van der Waals surface area contributed by atoms with E-state index in [4.69, 9.17) is 9.81 Å². The molecule has 1 aromatic carbocycles. The van der Waals surface area contributed by atoms with E-state index in [0.717, 1.165) is 5.56 Å². The van der Waals surface area contributed by atoms with E-state index >= 15 is 0 Å². The Balaban J connectivity index is 0.000000200. The van der Waals surface area contributed by atoms with Crippen molar-refractivity contribution in [3.63, 3.8) is 0 Å². The first-order chi connectivity index (χ1) is 8.82. The fraction of sp³-hybridized carbons (Fsp3) is 0.417. The van der Waals surface area contributed by atoms with Crippen LogP contribution in [0.5, 0.6) is 0 Å². The number of alkyl halides is 1. The second-order valence-electron chi connectivity index (χ2n) is 4.21. The molecule has 1 heterocycles. The van der Waals surface area contributed by atoms with Gasteiger partial charge in [-0.1, -0.05) is 17.7 Å². The van der Waals surface area contributed by atoms with Gasteiger partial charge in [0.2, 0.25) is 0 Å². The predicted molar refractivity (Wildman–Crippen MR) is 67.9 cm³/mol. The zero-order valence-electron chi connectivity index (χ0n) is 10.4. The van der Waals surface area contributed by atoms with Crippen molar-refractivity contribution in [2.24, 2.45) is 0 Å². The first-order valence-electron chi connectivity index (χ1n) is 5.64. The van der Waals surface area contributed by atoms with Crippen LogP contribution in [0.15, 0.2) is 29.2 Å². The Morgan fingerprint density at radius 1 is 1.42 bits per heavy atom. The molecule has 1 aromatic rings. The highest BCUT2D eigenvalue weighted by Crippen LogP contribution is 2.08. The predicted octanol–water partition coefficient (Wildman–Crippen LogP) is 1.45. The lowest BCUT2D eigenvalue weighted by Gasteiger charge is -1.95. The van der Waals surface area contributed by atoms with Gasteiger partial charge in [0.15, 0.2) is 0 Å². The van der Waals surface area contributed by atoms with E-state index < -0.39 is 16.3 Å². The molecular formula is C12H15FN2O3S. The lowest BCUT2D eigenvalue weighted by Crippen LogP contribution is -2.18. The maximum atomic E-state index is 12.1. The van der Waals surface area contributed by atoms with Crippen LogP contribution in [0.4, 0.5) is 4.39 Å². The lowest BCUT2D eigenvalue weighted by molar-refractivity contribution is 0.359. The Hall–Kier alpha value is -1.49. The number of rotatable bonds is 1. The molecule has 2 rings (SSSR count). The maximum absolute atomic E-state index is 12.1. The van der Waals surface area contributed by atoms with Crippen molar-refractivity contribution in [1.29, 1.82) is 5.26 Å². The minimum atomic E-state index is -4.02. The summed E-state index contributed by atoms with van der Waals surface area (Å²) in [5, 5.41) is 10.9. The number of hydrogen-bond acceptors (Lipinski definition) is 4. The van der Waals surface area contributed by atoms with E-state index in [9.17, 15) is 12.8 Å². The summed E-state index contributed by atoms with van der Waals surface area (Å²) in [6.07, 6.45) is -0.448. The number of nitrogens with one attached hydrogen (secondary N) is 1. The number of hydrogen-bond donors (Lipinski definition) is 2. The SMILES string of the molecule is Cc1ccc(S(=O)(=O)O)cc1.N#C[C@@H]1C[C@@H](F)CN1. The quantitative estimate of drug-likeness (QED) is 0.763. The molecule has 1 saturated heterocycles. The van der Waals surface area contributed by atoms with Gasteiger partial charge in [0.1, 0.15) is 6.17 Å². The van der Waals surface area contributed by atoms with Gasteiger partial charge in [-0.15, -0.1) is 0 Å². The summed E-state index contributed by atoms with van der Waals surface area (Å²) in [5.41, 5.74) is 0.956. The third-order valence-electron chi connectivity index (χ3n) is 2.55. The average molecular weight is 286 g/mol. The molecule has 0 amide bonds. The summed E-state index contributed by atoms with van der Waals surface area (Å²) in [6, 6.07) is 7.69. The summed E-state index contributed by atoms with van der Waals surface area (Å²) in [4.78, 5) is -0.0666. The normalized spacial score (nSPS) is 22.2. The second-order valence-corrected chi connectivity index (χ2v) is 5.63. The molecule has 5 nitrogen and oxygen atoms in total. The van der Waals surface area contributed by atoms with Crippen molar-refractivity contribution in [2.75, 3.05) is 6.54 Å². The average Bonchev–Trinajstić information content (AvgIpc) is 2.75. The van der Waals surface area contributed by atoms with E-state index in [-0.39, 0.29) is 10.9 Å². The van der Waals surface area contributed by atoms with Gasteiger partial charge >= 0.3 is 0 Å². The van der Waals surface area contributed by atoms with Gasteiger partial charge in [-0.3, -0.25) is 9.87 Å². The number of halogens is 1. The van der Waals surface area contributed by atoms with Gasteiger partial charge < -0.3 is 0 Å². The van der Waals surface area contributed by atoms with Crippen molar-refractivity contribution >= 4 is 10.1 Å². The molecule has 0 aromatic heterocycles. The molecule has 1 aliphatic rings. The van der Waals surface area contributed by atoms with Crippen LogP contribution in [-0.2, 0) is 10.1 Å². The summed E-state index contributed by atoms with van der Waals surface area (Å²) >= 11 is 0.